The molecule has 1 amide bonds. The van der Waals surface area contributed by atoms with Crippen LogP contribution in [0.3, 0.4) is 0 Å². The molecule has 0 aromatic carbocycles. The maximum absolute atomic E-state index is 11.4. The first kappa shape index (κ1) is 10.4. The van der Waals surface area contributed by atoms with E-state index in [9.17, 15) is 4.79 Å². The second kappa shape index (κ2) is 5.84. The van der Waals surface area contributed by atoms with E-state index in [1.165, 1.54) is 0 Å². The van der Waals surface area contributed by atoms with E-state index in [2.05, 4.69) is 13.3 Å². The summed E-state index contributed by atoms with van der Waals surface area (Å²) < 4.78 is 5.10. The molecule has 1 rings (SSSR count). The van der Waals surface area contributed by atoms with Crippen LogP contribution in [-0.2, 0) is 4.74 Å². The topological polar surface area (TPSA) is 29.5 Å². The highest BCUT2D eigenvalue weighted by atomic mass is 16.6. The van der Waals surface area contributed by atoms with Crippen molar-refractivity contribution in [1.82, 2.24) is 4.90 Å². The van der Waals surface area contributed by atoms with Crippen molar-refractivity contribution in [2.75, 3.05) is 19.7 Å². The monoisotopic (exact) mass is 184 g/mol. The average Bonchev–Trinajstić information content (AvgIpc) is 2.19. The number of rotatable bonds is 3. The molecule has 1 saturated heterocycles. The molecule has 1 aliphatic heterocycles. The minimum absolute atomic E-state index is 0.137. The summed E-state index contributed by atoms with van der Waals surface area (Å²) in [6.07, 6.45) is 6.12. The fourth-order valence-corrected chi connectivity index (χ4v) is 1.33. The molecule has 3 heteroatoms. The van der Waals surface area contributed by atoms with Gasteiger partial charge in [-0.1, -0.05) is 13.3 Å². The van der Waals surface area contributed by atoms with Crippen molar-refractivity contribution in [3.8, 4) is 0 Å². The Bertz CT molecular complexity index is 153. The normalized spacial score (nSPS) is 17.2. The number of carbonyl (C=O) groups excluding carboxylic acids is 1. The highest BCUT2D eigenvalue weighted by Crippen LogP contribution is 2.08. The van der Waals surface area contributed by atoms with E-state index in [4.69, 9.17) is 4.74 Å². The lowest BCUT2D eigenvalue weighted by atomic mass is 10.1. The van der Waals surface area contributed by atoms with Crippen molar-refractivity contribution >= 4 is 6.09 Å². The van der Waals surface area contributed by atoms with Crippen molar-refractivity contribution in [2.45, 2.75) is 32.6 Å². The van der Waals surface area contributed by atoms with Gasteiger partial charge in [-0.15, -0.1) is 0 Å². The Morgan fingerprint density at radius 1 is 1.46 bits per heavy atom. The predicted octanol–water partition coefficient (Wildman–Crippen LogP) is 2.22. The van der Waals surface area contributed by atoms with Crippen LogP contribution in [0.25, 0.3) is 0 Å². The van der Waals surface area contributed by atoms with Crippen LogP contribution >= 0.6 is 0 Å². The Morgan fingerprint density at radius 2 is 2.15 bits per heavy atom. The van der Waals surface area contributed by atoms with Gasteiger partial charge in [0.1, 0.15) is 0 Å². The maximum Gasteiger partial charge on any atom is 0.409 e. The Hall–Kier alpha value is -0.730. The lowest BCUT2D eigenvalue weighted by molar-refractivity contribution is 0.0979. The molecule has 13 heavy (non-hydrogen) atoms. The van der Waals surface area contributed by atoms with Gasteiger partial charge in [-0.3, -0.25) is 0 Å². The van der Waals surface area contributed by atoms with Crippen molar-refractivity contribution < 1.29 is 9.53 Å². The van der Waals surface area contributed by atoms with E-state index in [1.54, 1.807) is 4.90 Å². The Morgan fingerprint density at radius 3 is 2.77 bits per heavy atom. The van der Waals surface area contributed by atoms with E-state index in [0.717, 1.165) is 38.8 Å². The van der Waals surface area contributed by atoms with Crippen LogP contribution in [0.1, 0.15) is 32.6 Å². The highest BCUT2D eigenvalue weighted by molar-refractivity contribution is 5.67. The van der Waals surface area contributed by atoms with Gasteiger partial charge < -0.3 is 9.64 Å². The van der Waals surface area contributed by atoms with Crippen LogP contribution in [-0.4, -0.2) is 30.7 Å². The zero-order chi connectivity index (χ0) is 9.52. The molecule has 0 saturated carbocycles. The third-order valence-corrected chi connectivity index (χ3v) is 2.19. The molecule has 75 valence electrons. The van der Waals surface area contributed by atoms with Gasteiger partial charge in [-0.25, -0.2) is 4.79 Å². The molecule has 0 unspecified atom stereocenters. The number of carbonyl (C=O) groups is 1. The molecule has 0 aromatic rings. The van der Waals surface area contributed by atoms with Crippen LogP contribution in [0.15, 0.2) is 0 Å². The number of ether oxygens (including phenoxy) is 1. The third-order valence-electron chi connectivity index (χ3n) is 2.19. The lowest BCUT2D eigenvalue weighted by Gasteiger charge is -2.25. The third kappa shape index (κ3) is 3.66. The van der Waals surface area contributed by atoms with Crippen molar-refractivity contribution in [3.05, 3.63) is 6.42 Å². The standard InChI is InChI=1S/C10H18NO2/c1-2-3-9-13-10(12)11-7-5-4-6-8-11/h4H,2-3,5-9H2,1H3. The molecule has 1 radical (unpaired) electrons. The van der Waals surface area contributed by atoms with E-state index in [0.29, 0.717) is 6.61 Å². The molecule has 1 aliphatic rings. The van der Waals surface area contributed by atoms with Gasteiger partial charge in [0.15, 0.2) is 0 Å². The summed E-state index contributed by atoms with van der Waals surface area (Å²) in [5.74, 6) is 0. The Labute approximate surface area is 80.1 Å². The number of nitrogens with zero attached hydrogens (tertiary/aromatic N) is 1. The molecule has 0 bridgehead atoms. The molecule has 0 N–H and O–H groups in total. The van der Waals surface area contributed by atoms with Crippen LogP contribution in [0.2, 0.25) is 0 Å². The van der Waals surface area contributed by atoms with Crippen LogP contribution in [0, 0.1) is 6.42 Å². The predicted molar refractivity (Wildman–Crippen MR) is 51.4 cm³/mol. The first-order valence-corrected chi connectivity index (χ1v) is 5.08. The number of likely N-dealkylation sites (tertiary alicyclic amines) is 1. The molecule has 0 aliphatic carbocycles. The van der Waals surface area contributed by atoms with Gasteiger partial charge in [0.2, 0.25) is 0 Å². The van der Waals surface area contributed by atoms with Crippen LogP contribution < -0.4 is 0 Å². The quantitative estimate of drug-likeness (QED) is 0.629. The van der Waals surface area contributed by atoms with E-state index in [-0.39, 0.29) is 6.09 Å². The summed E-state index contributed by atoms with van der Waals surface area (Å²) >= 11 is 0. The largest absolute Gasteiger partial charge is 0.449 e. The average molecular weight is 184 g/mol. The summed E-state index contributed by atoms with van der Waals surface area (Å²) in [4.78, 5) is 13.2. The molecule has 1 heterocycles. The van der Waals surface area contributed by atoms with Crippen LogP contribution in [0.4, 0.5) is 4.79 Å². The SMILES string of the molecule is CCCCOC(=O)N1CC[CH]CC1. The molecule has 0 spiro atoms. The Kier molecular flexibility index (Phi) is 4.65. The van der Waals surface area contributed by atoms with E-state index < -0.39 is 0 Å². The van der Waals surface area contributed by atoms with Gasteiger partial charge in [0.05, 0.1) is 6.61 Å². The van der Waals surface area contributed by atoms with Crippen molar-refractivity contribution in [2.24, 2.45) is 0 Å². The fraction of sp³-hybridized carbons (Fsp3) is 0.800. The van der Waals surface area contributed by atoms with Gasteiger partial charge in [0.25, 0.3) is 0 Å². The summed E-state index contributed by atoms with van der Waals surface area (Å²) in [6, 6.07) is 0. The lowest BCUT2D eigenvalue weighted by Crippen LogP contribution is -2.36. The minimum atomic E-state index is -0.137. The number of unbranched alkanes of at least 4 members (excludes halogenated alkanes) is 1. The molecule has 3 nitrogen and oxygen atoms in total. The fourth-order valence-electron chi connectivity index (χ4n) is 1.33. The highest BCUT2D eigenvalue weighted by Gasteiger charge is 2.16. The number of hydrogen-bond acceptors (Lipinski definition) is 2. The Balaban J connectivity index is 2.13. The summed E-state index contributed by atoms with van der Waals surface area (Å²) in [7, 11) is 0. The second-order valence-corrected chi connectivity index (χ2v) is 3.32. The first-order chi connectivity index (χ1) is 6.34. The van der Waals surface area contributed by atoms with Gasteiger partial charge in [-0.05, 0) is 25.7 Å². The number of amides is 1. The first-order valence-electron chi connectivity index (χ1n) is 5.08. The number of hydrogen-bond donors (Lipinski definition) is 0. The van der Waals surface area contributed by atoms with Crippen molar-refractivity contribution in [1.29, 1.82) is 0 Å². The molecule has 0 atom stereocenters. The van der Waals surface area contributed by atoms with E-state index in [1.807, 2.05) is 0 Å². The molecule has 0 aromatic heterocycles. The maximum atomic E-state index is 11.4. The van der Waals surface area contributed by atoms with Crippen molar-refractivity contribution in [3.63, 3.8) is 0 Å². The van der Waals surface area contributed by atoms with Gasteiger partial charge in [-0.2, -0.15) is 0 Å². The van der Waals surface area contributed by atoms with Gasteiger partial charge in [0, 0.05) is 13.1 Å². The smallest absolute Gasteiger partial charge is 0.409 e. The summed E-state index contributed by atoms with van der Waals surface area (Å²) in [5.41, 5.74) is 0. The summed E-state index contributed by atoms with van der Waals surface area (Å²) in [5, 5.41) is 0. The number of piperidine rings is 1. The summed E-state index contributed by atoms with van der Waals surface area (Å²) in [6.45, 7) is 4.30. The molecular weight excluding hydrogens is 166 g/mol. The van der Waals surface area contributed by atoms with Crippen LogP contribution in [0.5, 0.6) is 0 Å². The minimum Gasteiger partial charge on any atom is -0.449 e. The van der Waals surface area contributed by atoms with Gasteiger partial charge >= 0.3 is 6.09 Å². The van der Waals surface area contributed by atoms with E-state index >= 15 is 0 Å². The molecular formula is C10H18NO2. The zero-order valence-corrected chi connectivity index (χ0v) is 8.29. The second-order valence-electron chi connectivity index (χ2n) is 3.32. The zero-order valence-electron chi connectivity index (χ0n) is 8.29. The molecule has 1 fully saturated rings.